The van der Waals surface area contributed by atoms with E-state index in [2.05, 4.69) is 10.3 Å². The van der Waals surface area contributed by atoms with Crippen molar-refractivity contribution in [2.45, 2.75) is 78.0 Å². The summed E-state index contributed by atoms with van der Waals surface area (Å²) in [4.78, 5) is 31.4. The Balaban J connectivity index is 1.71. The molecule has 1 atom stereocenters. The average Bonchev–Trinajstić information content (AvgIpc) is 2.99. The molecule has 0 aliphatic carbocycles. The van der Waals surface area contributed by atoms with Crippen molar-refractivity contribution in [2.24, 2.45) is 11.7 Å². The molecule has 0 radical (unpaired) electrons. The van der Waals surface area contributed by atoms with Gasteiger partial charge in [0.15, 0.2) is 0 Å². The molecule has 2 heterocycles. The lowest BCUT2D eigenvalue weighted by Crippen LogP contribution is -2.53. The van der Waals surface area contributed by atoms with E-state index in [1.54, 1.807) is 11.1 Å². The van der Waals surface area contributed by atoms with Gasteiger partial charge in [0.2, 0.25) is 5.91 Å². The van der Waals surface area contributed by atoms with Crippen LogP contribution in [-0.2, 0) is 27.3 Å². The molecule has 2 aromatic rings. The molecule has 0 unspecified atom stereocenters. The summed E-state index contributed by atoms with van der Waals surface area (Å²) in [6, 6.07) is 9.80. The van der Waals surface area contributed by atoms with Crippen molar-refractivity contribution in [1.29, 1.82) is 0 Å². The number of amides is 1. The molecule has 0 bridgehead atoms. The van der Waals surface area contributed by atoms with E-state index in [-0.39, 0.29) is 12.3 Å². The van der Waals surface area contributed by atoms with E-state index in [4.69, 9.17) is 15.2 Å². The van der Waals surface area contributed by atoms with Gasteiger partial charge in [-0.25, -0.2) is 4.98 Å². The second-order valence-corrected chi connectivity index (χ2v) is 11.6. The van der Waals surface area contributed by atoms with Gasteiger partial charge in [-0.15, -0.1) is 0 Å². The molecular formula is C30H44N4O5. The summed E-state index contributed by atoms with van der Waals surface area (Å²) in [5.74, 6) is -0.224. The van der Waals surface area contributed by atoms with Crippen molar-refractivity contribution in [1.82, 2.24) is 9.88 Å². The lowest BCUT2D eigenvalue weighted by Gasteiger charge is -2.41. The fourth-order valence-corrected chi connectivity index (χ4v) is 4.72. The molecule has 39 heavy (non-hydrogen) atoms. The maximum atomic E-state index is 13.7. The molecule has 0 fully saturated rings. The molecule has 4 N–H and O–H groups in total. The van der Waals surface area contributed by atoms with Crippen molar-refractivity contribution in [3.05, 3.63) is 53.2 Å². The average molecular weight is 541 g/mol. The number of carboxylic acids is 1. The van der Waals surface area contributed by atoms with Crippen molar-refractivity contribution < 1.29 is 24.2 Å². The summed E-state index contributed by atoms with van der Waals surface area (Å²) in [7, 11) is 0. The van der Waals surface area contributed by atoms with Crippen LogP contribution < -0.4 is 15.8 Å². The van der Waals surface area contributed by atoms with Crippen LogP contribution in [0, 0.1) is 12.8 Å². The van der Waals surface area contributed by atoms with Gasteiger partial charge in [-0.3, -0.25) is 9.59 Å². The number of aromatic nitrogens is 1. The van der Waals surface area contributed by atoms with Crippen molar-refractivity contribution in [3.63, 3.8) is 0 Å². The van der Waals surface area contributed by atoms with E-state index in [0.717, 1.165) is 41.2 Å². The second kappa shape index (κ2) is 13.3. The maximum Gasteiger partial charge on any atom is 0.304 e. The van der Waals surface area contributed by atoms with Gasteiger partial charge in [-0.05, 0) is 101 Å². The number of fused-ring (bicyclic) bond motifs is 1. The number of carboxylic acid groups (broad SMARTS) is 1. The lowest BCUT2D eigenvalue weighted by molar-refractivity contribution is -0.151. The van der Waals surface area contributed by atoms with Crippen LogP contribution in [0.4, 0.5) is 5.82 Å². The highest BCUT2D eigenvalue weighted by Crippen LogP contribution is 2.33. The number of rotatable bonds is 14. The number of nitrogens with one attached hydrogen (secondary N) is 1. The van der Waals surface area contributed by atoms with Crippen LogP contribution in [-0.4, -0.2) is 64.3 Å². The number of nitrogens with zero attached hydrogens (tertiary/aromatic N) is 2. The molecule has 1 amide bonds. The molecule has 9 nitrogen and oxygen atoms in total. The Hall–Kier alpha value is -3.17. The van der Waals surface area contributed by atoms with Gasteiger partial charge in [0.1, 0.15) is 11.6 Å². The summed E-state index contributed by atoms with van der Waals surface area (Å²) in [5.41, 5.74) is 7.74. The molecule has 3 rings (SSSR count). The van der Waals surface area contributed by atoms with E-state index in [9.17, 15) is 14.7 Å². The first-order chi connectivity index (χ1) is 18.4. The number of nitrogens with two attached hydrogens (primary N) is 1. The minimum Gasteiger partial charge on any atom is -0.494 e. The molecule has 0 saturated heterocycles. The number of carbonyl (C=O) groups excluding carboxylic acids is 1. The minimum absolute atomic E-state index is 0.169. The van der Waals surface area contributed by atoms with Crippen LogP contribution in [0.1, 0.15) is 63.6 Å². The first kappa shape index (κ1) is 30.4. The zero-order chi connectivity index (χ0) is 28.6. The summed E-state index contributed by atoms with van der Waals surface area (Å²) < 4.78 is 12.2. The van der Waals surface area contributed by atoms with Gasteiger partial charge in [0.25, 0.3) is 0 Å². The zero-order valence-corrected chi connectivity index (χ0v) is 24.0. The van der Waals surface area contributed by atoms with Crippen LogP contribution in [0.15, 0.2) is 36.5 Å². The molecule has 9 heteroatoms. The molecule has 0 saturated carbocycles. The topological polar surface area (TPSA) is 127 Å². The quantitative estimate of drug-likeness (QED) is 0.305. The number of aliphatic carboxylic acids is 1. The summed E-state index contributed by atoms with van der Waals surface area (Å²) >= 11 is 0. The fourth-order valence-electron chi connectivity index (χ4n) is 4.72. The van der Waals surface area contributed by atoms with E-state index < -0.39 is 23.0 Å². The first-order valence-corrected chi connectivity index (χ1v) is 13.7. The van der Waals surface area contributed by atoms with Gasteiger partial charge in [0.05, 0.1) is 36.7 Å². The van der Waals surface area contributed by atoms with Gasteiger partial charge in [-0.2, -0.15) is 0 Å². The number of hydrogen-bond donors (Lipinski definition) is 3. The van der Waals surface area contributed by atoms with Crippen LogP contribution in [0.3, 0.4) is 0 Å². The van der Waals surface area contributed by atoms with E-state index in [1.807, 2.05) is 65.0 Å². The normalized spacial score (nSPS) is 16.0. The number of hydrogen-bond acceptors (Lipinski definition) is 7. The van der Waals surface area contributed by atoms with Crippen LogP contribution in [0.25, 0.3) is 0 Å². The molecule has 1 aliphatic heterocycles. The monoisotopic (exact) mass is 540 g/mol. The third-order valence-electron chi connectivity index (χ3n) is 7.11. The van der Waals surface area contributed by atoms with Gasteiger partial charge in [-0.1, -0.05) is 6.07 Å². The fraction of sp³-hybridized carbons (Fsp3) is 0.567. The molecule has 1 aromatic carbocycles. The largest absolute Gasteiger partial charge is 0.494 e. The molecule has 0 spiro atoms. The van der Waals surface area contributed by atoms with E-state index in [0.29, 0.717) is 39.1 Å². The Morgan fingerprint density at radius 1 is 1.21 bits per heavy atom. The molecule has 1 aliphatic rings. The Labute approximate surface area is 232 Å². The number of ether oxygens (including phenoxy) is 2. The highest BCUT2D eigenvalue weighted by molar-refractivity contribution is 5.84. The summed E-state index contributed by atoms with van der Waals surface area (Å²) in [6.07, 6.45) is 3.43. The molecular weight excluding hydrogens is 496 g/mol. The summed E-state index contributed by atoms with van der Waals surface area (Å²) in [6.45, 7) is 12.3. The Morgan fingerprint density at radius 2 is 1.97 bits per heavy atom. The number of carbonyl (C=O) groups is 2. The number of aryl methyl sites for hydroxylation is 1. The third-order valence-corrected chi connectivity index (χ3v) is 7.11. The number of pyridine rings is 1. The number of benzene rings is 1. The van der Waals surface area contributed by atoms with E-state index >= 15 is 0 Å². The van der Waals surface area contributed by atoms with Gasteiger partial charge >= 0.3 is 5.97 Å². The second-order valence-electron chi connectivity index (χ2n) is 11.6. The Morgan fingerprint density at radius 3 is 2.67 bits per heavy atom. The van der Waals surface area contributed by atoms with Crippen LogP contribution in [0.2, 0.25) is 0 Å². The van der Waals surface area contributed by atoms with Crippen LogP contribution >= 0.6 is 0 Å². The molecule has 214 valence electrons. The number of anilines is 1. The van der Waals surface area contributed by atoms with Gasteiger partial charge in [0, 0.05) is 19.3 Å². The first-order valence-electron chi connectivity index (χ1n) is 13.7. The predicted molar refractivity (Wildman–Crippen MR) is 152 cm³/mol. The highest BCUT2D eigenvalue weighted by Gasteiger charge is 2.39. The van der Waals surface area contributed by atoms with Crippen LogP contribution in [0.5, 0.6) is 5.75 Å². The minimum atomic E-state index is -0.982. The zero-order valence-electron chi connectivity index (χ0n) is 24.0. The Kier molecular flexibility index (Phi) is 10.3. The Bertz CT molecular complexity index is 1130. The van der Waals surface area contributed by atoms with Crippen molar-refractivity contribution >= 4 is 17.7 Å². The van der Waals surface area contributed by atoms with Crippen molar-refractivity contribution in [2.75, 3.05) is 31.6 Å². The highest BCUT2D eigenvalue weighted by atomic mass is 16.5. The maximum absolute atomic E-state index is 13.7. The van der Waals surface area contributed by atoms with Gasteiger partial charge < -0.3 is 30.5 Å². The third kappa shape index (κ3) is 8.93. The SMILES string of the molecule is Cc1ccnc(NCCCOc2ccc3c(c2)CN(C(C)(C)COC(C)(C)CCN)C(=O)[C@H](CC(=O)O)C3)c1. The molecule has 1 aromatic heterocycles. The standard InChI is InChI=1S/C30H44N4O5/c1-21-9-13-33-26(15-21)32-12-6-14-38-25-8-7-22-16-23(18-27(35)36)28(37)34(19-24(22)17-25)29(2,3)20-39-30(4,5)10-11-31/h7-9,13,15,17,23H,6,10-12,14,16,18-20,31H2,1-5H3,(H,32,33)(H,35,36)/t23-/m0/s1. The summed E-state index contributed by atoms with van der Waals surface area (Å²) in [5, 5.41) is 12.8. The van der Waals surface area contributed by atoms with E-state index in [1.165, 1.54) is 0 Å². The predicted octanol–water partition coefficient (Wildman–Crippen LogP) is 4.17. The van der Waals surface area contributed by atoms with Crippen molar-refractivity contribution in [3.8, 4) is 5.75 Å². The smallest absolute Gasteiger partial charge is 0.304 e. The lowest BCUT2D eigenvalue weighted by atomic mass is 9.93.